The summed E-state index contributed by atoms with van der Waals surface area (Å²) in [5.41, 5.74) is 0. The third-order valence-electron chi connectivity index (χ3n) is 0. The van der Waals surface area contributed by atoms with Gasteiger partial charge in [0.15, 0.2) is 0 Å². The summed E-state index contributed by atoms with van der Waals surface area (Å²) in [5.74, 6) is 0. The van der Waals surface area contributed by atoms with Gasteiger partial charge in [0.05, 0.1) is 0 Å². The lowest BCUT2D eigenvalue weighted by Crippen LogP contribution is -1.98. The summed E-state index contributed by atoms with van der Waals surface area (Å²) >= 11 is 1.75. The van der Waals surface area contributed by atoms with E-state index < -0.39 is 6.48 Å². The van der Waals surface area contributed by atoms with Crippen LogP contribution in [0.2, 0.25) is 0 Å². The van der Waals surface area contributed by atoms with Crippen molar-refractivity contribution in [1.29, 1.82) is 0 Å². The van der Waals surface area contributed by atoms with Crippen molar-refractivity contribution >= 4 is 11.8 Å². The van der Waals surface area contributed by atoms with Crippen molar-refractivity contribution < 1.29 is 15.3 Å². The fraction of sp³-hybridized carbons (Fsp3) is 1.00. The number of aliphatic hydroxyl groups excluding tert-OH is 1. The molecule has 0 bridgehead atoms. The Morgan fingerprint density at radius 2 is 1.14 bits per heavy atom. The van der Waals surface area contributed by atoms with E-state index in [1.54, 1.807) is 11.8 Å². The van der Waals surface area contributed by atoms with Crippen molar-refractivity contribution in [2.45, 2.75) is 6.48 Å². The molecule has 0 radical (unpaired) electrons. The fourth-order valence-electron chi connectivity index (χ4n) is 0. The summed E-state index contributed by atoms with van der Waals surface area (Å²) < 4.78 is 0. The Bertz CT molecular complexity index is 21.4. The summed E-state index contributed by atoms with van der Waals surface area (Å²) in [7, 11) is 0. The molecule has 0 atom stereocenters. The van der Waals surface area contributed by atoms with Crippen LogP contribution in [0, 0.1) is 0 Å². The van der Waals surface area contributed by atoms with Gasteiger partial charge in [-0.2, -0.15) is 11.8 Å². The second kappa shape index (κ2) is 9.52. The average Bonchev–Trinajstić information content (AvgIpc) is 1.33. The summed E-state index contributed by atoms with van der Waals surface area (Å²) in [5, 5.41) is 21.5. The maximum Gasteiger partial charge on any atom is 0.263 e. The average molecular weight is 126 g/mol. The predicted molar refractivity (Wildman–Crippen MR) is 29.9 cm³/mol. The first-order valence-corrected chi connectivity index (χ1v) is 3.22. The Morgan fingerprint density at radius 1 is 1.14 bits per heavy atom. The molecular weight excluding hydrogens is 116 g/mol. The molecule has 0 heterocycles. The Kier molecular flexibility index (Phi) is 14.0. The van der Waals surface area contributed by atoms with Crippen LogP contribution in [0.3, 0.4) is 0 Å². The van der Waals surface area contributed by atoms with E-state index in [1.807, 2.05) is 12.5 Å². The molecule has 0 aromatic heterocycles. The van der Waals surface area contributed by atoms with E-state index in [-0.39, 0.29) is 0 Å². The molecule has 46 valence electrons. The van der Waals surface area contributed by atoms with Gasteiger partial charge < -0.3 is 15.3 Å². The molecule has 0 spiro atoms. The normalized spacial score (nSPS) is 7.71. The molecule has 0 saturated carbocycles. The van der Waals surface area contributed by atoms with Gasteiger partial charge in [-0.15, -0.1) is 0 Å². The van der Waals surface area contributed by atoms with Gasteiger partial charge in [0, 0.05) is 0 Å². The minimum atomic E-state index is -2.17. The fourth-order valence-corrected chi connectivity index (χ4v) is 0. The predicted octanol–water partition coefficient (Wildman–Crippen LogP) is -0.774. The molecule has 3 nitrogen and oxygen atoms in total. The summed E-state index contributed by atoms with van der Waals surface area (Å²) in [6.45, 7) is -2.17. The molecule has 0 aliphatic carbocycles. The smallest absolute Gasteiger partial charge is 0.263 e. The molecule has 0 rings (SSSR count). The van der Waals surface area contributed by atoms with Gasteiger partial charge in [-0.25, -0.2) is 0 Å². The zero-order valence-corrected chi connectivity index (χ0v) is 5.14. The first-order valence-electron chi connectivity index (χ1n) is 1.59. The van der Waals surface area contributed by atoms with Gasteiger partial charge in [-0.3, -0.25) is 0 Å². The third kappa shape index (κ3) is 2110. The van der Waals surface area contributed by atoms with Crippen LogP contribution in [0.15, 0.2) is 0 Å². The zero-order valence-electron chi connectivity index (χ0n) is 4.33. The zero-order chi connectivity index (χ0) is 6.28. The van der Waals surface area contributed by atoms with Gasteiger partial charge >= 0.3 is 0 Å². The highest BCUT2D eigenvalue weighted by molar-refractivity contribution is 7.97. The van der Waals surface area contributed by atoms with Crippen molar-refractivity contribution in [2.75, 3.05) is 12.5 Å². The molecule has 0 aromatic rings. The second-order valence-corrected chi connectivity index (χ2v) is 1.57. The topological polar surface area (TPSA) is 60.7 Å². The molecule has 0 saturated heterocycles. The van der Waals surface area contributed by atoms with E-state index in [9.17, 15) is 0 Å². The SMILES string of the molecule is CSC.OC(O)O. The van der Waals surface area contributed by atoms with Crippen LogP contribution >= 0.6 is 11.8 Å². The van der Waals surface area contributed by atoms with Crippen LogP contribution in [0.4, 0.5) is 0 Å². The van der Waals surface area contributed by atoms with Crippen LogP contribution in [-0.2, 0) is 0 Å². The van der Waals surface area contributed by atoms with E-state index in [0.29, 0.717) is 0 Å². The first-order chi connectivity index (χ1) is 3.15. The molecule has 3 N–H and O–H groups in total. The van der Waals surface area contributed by atoms with Crippen molar-refractivity contribution in [3.05, 3.63) is 0 Å². The van der Waals surface area contributed by atoms with Gasteiger partial charge in [-0.05, 0) is 12.5 Å². The summed E-state index contributed by atoms with van der Waals surface area (Å²) in [6, 6.07) is 0. The third-order valence-corrected chi connectivity index (χ3v) is 0. The van der Waals surface area contributed by atoms with E-state index in [4.69, 9.17) is 15.3 Å². The molecule has 0 amide bonds. The molecule has 4 heteroatoms. The Morgan fingerprint density at radius 3 is 1.14 bits per heavy atom. The maximum atomic E-state index is 7.17. The van der Waals surface area contributed by atoms with Gasteiger partial charge in [0.2, 0.25) is 0 Å². The monoisotopic (exact) mass is 126 g/mol. The molecule has 7 heavy (non-hydrogen) atoms. The van der Waals surface area contributed by atoms with E-state index in [0.717, 1.165) is 0 Å². The van der Waals surface area contributed by atoms with Crippen LogP contribution in [0.1, 0.15) is 0 Å². The molecule has 0 unspecified atom stereocenters. The number of rotatable bonds is 0. The van der Waals surface area contributed by atoms with Crippen molar-refractivity contribution in [3.8, 4) is 0 Å². The van der Waals surface area contributed by atoms with Gasteiger partial charge in [0.1, 0.15) is 0 Å². The lowest BCUT2D eigenvalue weighted by atomic mass is 11.4. The first kappa shape index (κ1) is 10.3. The van der Waals surface area contributed by atoms with E-state index >= 15 is 0 Å². The summed E-state index contributed by atoms with van der Waals surface area (Å²) in [6.07, 6.45) is 4.08. The molecule has 0 fully saturated rings. The van der Waals surface area contributed by atoms with E-state index in [2.05, 4.69) is 0 Å². The van der Waals surface area contributed by atoms with Crippen LogP contribution in [0.5, 0.6) is 0 Å². The summed E-state index contributed by atoms with van der Waals surface area (Å²) in [4.78, 5) is 0. The Balaban J connectivity index is 0. The molecule has 0 aliphatic rings. The number of hydrogen-bond acceptors (Lipinski definition) is 4. The highest BCUT2D eigenvalue weighted by Crippen LogP contribution is 1.70. The minimum Gasteiger partial charge on any atom is -0.346 e. The van der Waals surface area contributed by atoms with Crippen LogP contribution in [-0.4, -0.2) is 34.3 Å². The second-order valence-electron chi connectivity index (χ2n) is 0.755. The lowest BCUT2D eigenvalue weighted by molar-refractivity contribution is -0.198. The maximum absolute atomic E-state index is 7.17. The molecule has 0 aromatic carbocycles. The quantitative estimate of drug-likeness (QED) is 0.373. The van der Waals surface area contributed by atoms with Crippen LogP contribution in [0.25, 0.3) is 0 Å². The lowest BCUT2D eigenvalue weighted by Gasteiger charge is -1.80. The van der Waals surface area contributed by atoms with Crippen LogP contribution < -0.4 is 0 Å². The molecule has 0 aliphatic heterocycles. The van der Waals surface area contributed by atoms with Crippen molar-refractivity contribution in [2.24, 2.45) is 0 Å². The number of aliphatic hydroxyl groups is 3. The number of hydrogen-bond donors (Lipinski definition) is 3. The standard InChI is InChI=1S/C2H6S.CH4O3/c1-3-2;2-1(3)4/h1-2H3;1-4H. The van der Waals surface area contributed by atoms with E-state index in [1.165, 1.54) is 0 Å². The highest BCUT2D eigenvalue weighted by atomic mass is 32.2. The molecular formula is C3H10O3S. The van der Waals surface area contributed by atoms with Gasteiger partial charge in [0.25, 0.3) is 6.48 Å². The Labute approximate surface area is 47.0 Å². The largest absolute Gasteiger partial charge is 0.346 e. The highest BCUT2D eigenvalue weighted by Gasteiger charge is 1.72. The minimum absolute atomic E-state index is 1.75. The number of thioether (sulfide) groups is 1. The van der Waals surface area contributed by atoms with Gasteiger partial charge in [-0.1, -0.05) is 0 Å². The Hall–Kier alpha value is 0.230. The van der Waals surface area contributed by atoms with Crippen molar-refractivity contribution in [3.63, 3.8) is 0 Å². The van der Waals surface area contributed by atoms with Crippen molar-refractivity contribution in [1.82, 2.24) is 0 Å².